The van der Waals surface area contributed by atoms with E-state index in [0.29, 0.717) is 22.5 Å². The summed E-state index contributed by atoms with van der Waals surface area (Å²) in [5.74, 6) is 0. The summed E-state index contributed by atoms with van der Waals surface area (Å²) in [5, 5.41) is 5.61. The van der Waals surface area contributed by atoms with Gasteiger partial charge in [-0.25, -0.2) is 16.8 Å². The van der Waals surface area contributed by atoms with Crippen molar-refractivity contribution in [1.29, 1.82) is 0 Å². The molecule has 64 heavy (non-hydrogen) atoms. The highest BCUT2D eigenvalue weighted by Gasteiger charge is 2.48. The van der Waals surface area contributed by atoms with E-state index in [0.717, 1.165) is 11.1 Å². The zero-order valence-electron chi connectivity index (χ0n) is 34.5. The van der Waals surface area contributed by atoms with Crippen molar-refractivity contribution in [1.82, 2.24) is 9.44 Å². The van der Waals surface area contributed by atoms with E-state index in [1.54, 1.807) is 135 Å². The summed E-state index contributed by atoms with van der Waals surface area (Å²) < 4.78 is 139. The van der Waals surface area contributed by atoms with E-state index in [9.17, 15) is 43.2 Å². The Morgan fingerprint density at radius 1 is 0.422 bits per heavy atom. The van der Waals surface area contributed by atoms with Crippen LogP contribution < -0.4 is 20.1 Å². The summed E-state index contributed by atoms with van der Waals surface area (Å²) >= 11 is 0. The Kier molecular flexibility index (Phi) is 16.7. The summed E-state index contributed by atoms with van der Waals surface area (Å²) in [6, 6.07) is 37.9. The van der Waals surface area contributed by atoms with E-state index < -0.39 is 56.6 Å². The molecule has 0 aliphatic rings. The first kappa shape index (κ1) is 48.8. The van der Waals surface area contributed by atoms with E-state index in [1.807, 2.05) is 9.44 Å². The molecule has 0 spiro atoms. The fourth-order valence-electron chi connectivity index (χ4n) is 6.09. The van der Waals surface area contributed by atoms with Gasteiger partial charge in [0.25, 0.3) is 0 Å². The number of hydrogen-bond donors (Lipinski definition) is 4. The second-order valence-corrected chi connectivity index (χ2v) is 17.9. The van der Waals surface area contributed by atoms with Crippen molar-refractivity contribution in [3.05, 3.63) is 204 Å². The number of aryl methyl sites for hydroxylation is 2. The van der Waals surface area contributed by atoms with Gasteiger partial charge in [-0.3, -0.25) is 0 Å². The van der Waals surface area contributed by atoms with Crippen LogP contribution in [0.4, 0.5) is 37.7 Å². The molecule has 0 fully saturated rings. The maximum absolute atomic E-state index is 14.1. The van der Waals surface area contributed by atoms with Crippen molar-refractivity contribution >= 4 is 43.6 Å². The van der Waals surface area contributed by atoms with Crippen molar-refractivity contribution in [2.45, 2.75) is 60.2 Å². The Hall–Kier alpha value is -6.20. The summed E-state index contributed by atoms with van der Waals surface area (Å²) in [7, 11) is -8.85. The summed E-state index contributed by atoms with van der Waals surface area (Å²) in [6.45, 7) is 3.52. The van der Waals surface area contributed by atoms with Crippen LogP contribution in [0.25, 0.3) is 12.2 Å². The van der Waals surface area contributed by atoms with E-state index in [-0.39, 0.29) is 9.79 Å². The van der Waals surface area contributed by atoms with Crippen LogP contribution in [0.5, 0.6) is 0 Å². The van der Waals surface area contributed by atoms with Gasteiger partial charge in [-0.15, -0.1) is 0 Å². The first-order chi connectivity index (χ1) is 30.3. The molecule has 0 aromatic heterocycles. The molecule has 0 saturated carbocycles. The molecule has 0 saturated heterocycles. The molecule has 336 valence electrons. The normalized spacial score (nSPS) is 14.2. The van der Waals surface area contributed by atoms with Gasteiger partial charge in [0, 0.05) is 11.4 Å². The third-order valence-electron chi connectivity index (χ3n) is 9.46. The van der Waals surface area contributed by atoms with Gasteiger partial charge in [0.2, 0.25) is 20.0 Å². The highest BCUT2D eigenvalue weighted by molar-refractivity contribution is 7.89. The molecular formula is C48H46F6N4O4S2. The number of nitrogens with one attached hydrogen (secondary N) is 4. The molecule has 6 aromatic rings. The molecule has 0 heterocycles. The maximum Gasteiger partial charge on any atom is 0.407 e. The summed E-state index contributed by atoms with van der Waals surface area (Å²) in [6.07, 6.45) is -4.02. The van der Waals surface area contributed by atoms with Crippen molar-refractivity contribution in [3.63, 3.8) is 0 Å². The zero-order chi connectivity index (χ0) is 46.4. The van der Waals surface area contributed by atoms with Gasteiger partial charge in [-0.2, -0.15) is 35.8 Å². The molecule has 0 radical (unpaired) electrons. The lowest BCUT2D eigenvalue weighted by molar-refractivity contribution is -0.152. The zero-order valence-corrected chi connectivity index (χ0v) is 36.1. The van der Waals surface area contributed by atoms with Crippen LogP contribution in [0.1, 0.15) is 22.3 Å². The predicted octanol–water partition coefficient (Wildman–Crippen LogP) is 10.8. The number of rotatable bonds is 16. The topological polar surface area (TPSA) is 116 Å². The molecule has 16 heteroatoms. The van der Waals surface area contributed by atoms with Crippen LogP contribution in [0.3, 0.4) is 0 Å². The van der Waals surface area contributed by atoms with E-state index >= 15 is 0 Å². The Labute approximate surface area is 369 Å². The minimum Gasteiger partial charge on any atom is -0.377 e. The molecule has 0 bridgehead atoms. The highest BCUT2D eigenvalue weighted by Crippen LogP contribution is 2.29. The van der Waals surface area contributed by atoms with Crippen LogP contribution in [-0.4, -0.2) is 53.4 Å². The number of sulfonamides is 2. The lowest BCUT2D eigenvalue weighted by atomic mass is 10.1. The Morgan fingerprint density at radius 2 is 0.703 bits per heavy atom. The average molecular weight is 921 g/mol. The summed E-state index contributed by atoms with van der Waals surface area (Å²) in [5.41, 5.74) is 3.83. The smallest absolute Gasteiger partial charge is 0.377 e. The third-order valence-corrected chi connectivity index (χ3v) is 12.4. The molecule has 0 aliphatic carbocycles. The molecule has 0 aliphatic heterocycles. The van der Waals surface area contributed by atoms with Crippen molar-refractivity contribution in [2.75, 3.05) is 10.6 Å². The fourth-order valence-corrected chi connectivity index (χ4v) is 8.58. The molecule has 8 nitrogen and oxygen atoms in total. The SMILES string of the molecule is Cc1ccc(S(=O)(=O)N[C@@H]([C@@H](/C=C/c2ccccc2)Nc2ccccc2)C(F)(F)F)cc1.Cc1ccc(S(=O)(=O)N[C@H]([C@H](/C=C/c2ccccc2)Nc2ccccc2)C(F)(F)F)cc1. The number of anilines is 2. The third kappa shape index (κ3) is 15.0. The van der Waals surface area contributed by atoms with Gasteiger partial charge in [0.15, 0.2) is 0 Å². The quantitative estimate of drug-likeness (QED) is 0.0719. The number of para-hydroxylation sites is 2. The van der Waals surface area contributed by atoms with Crippen LogP contribution in [0, 0.1) is 13.8 Å². The van der Waals surface area contributed by atoms with Crippen molar-refractivity contribution in [2.24, 2.45) is 0 Å². The Bertz CT molecular complexity index is 2450. The molecule has 0 amide bonds. The Balaban J connectivity index is 0.000000241. The molecule has 4 atom stereocenters. The van der Waals surface area contributed by atoms with E-state index in [2.05, 4.69) is 10.6 Å². The molecule has 6 rings (SSSR count). The average Bonchev–Trinajstić information content (AvgIpc) is 3.26. The monoisotopic (exact) mass is 920 g/mol. The molecule has 4 N–H and O–H groups in total. The van der Waals surface area contributed by atoms with Crippen LogP contribution in [0.2, 0.25) is 0 Å². The standard InChI is InChI=1S/2C24H23F3N2O2S/c2*1-18-12-15-21(16-13-18)32(30,31)29-23(24(25,26)27)22(28-20-10-6-3-7-11-20)17-14-19-8-4-2-5-9-19/h2*2-17,22-23,28-29H,1H3/b2*17-14+/t2*22-,23+/m10/s1. The van der Waals surface area contributed by atoms with Crippen LogP contribution >= 0.6 is 0 Å². The number of benzene rings is 6. The molecule has 0 unspecified atom stereocenters. The van der Waals surface area contributed by atoms with Gasteiger partial charge in [-0.05, 0) is 73.5 Å². The van der Waals surface area contributed by atoms with Gasteiger partial charge < -0.3 is 10.6 Å². The lowest BCUT2D eigenvalue weighted by Crippen LogP contribution is -2.54. The number of halogens is 6. The van der Waals surface area contributed by atoms with Crippen LogP contribution in [0.15, 0.2) is 192 Å². The second-order valence-electron chi connectivity index (χ2n) is 14.5. The van der Waals surface area contributed by atoms with E-state index in [4.69, 9.17) is 0 Å². The first-order valence-electron chi connectivity index (χ1n) is 19.7. The largest absolute Gasteiger partial charge is 0.407 e. The lowest BCUT2D eigenvalue weighted by Gasteiger charge is -2.29. The molecular weight excluding hydrogens is 875 g/mol. The van der Waals surface area contributed by atoms with Crippen LogP contribution in [-0.2, 0) is 20.0 Å². The minimum atomic E-state index is -4.86. The van der Waals surface area contributed by atoms with Gasteiger partial charge >= 0.3 is 12.4 Å². The minimum absolute atomic E-state index is 0.233. The number of alkyl halides is 6. The summed E-state index contributed by atoms with van der Waals surface area (Å²) in [4.78, 5) is -0.467. The highest BCUT2D eigenvalue weighted by atomic mass is 32.2. The fraction of sp³-hybridized carbons (Fsp3) is 0.167. The van der Waals surface area contributed by atoms with Crippen molar-refractivity contribution < 1.29 is 43.2 Å². The second kappa shape index (κ2) is 21.9. The van der Waals surface area contributed by atoms with Gasteiger partial charge in [0.1, 0.15) is 12.1 Å². The molecule has 6 aromatic carbocycles. The van der Waals surface area contributed by atoms with Crippen molar-refractivity contribution in [3.8, 4) is 0 Å². The Morgan fingerprint density at radius 3 is 0.984 bits per heavy atom. The maximum atomic E-state index is 14.1. The van der Waals surface area contributed by atoms with E-state index in [1.165, 1.54) is 72.8 Å². The van der Waals surface area contributed by atoms with Gasteiger partial charge in [-0.1, -0.05) is 157 Å². The predicted molar refractivity (Wildman–Crippen MR) is 241 cm³/mol. The number of hydrogen-bond acceptors (Lipinski definition) is 6. The first-order valence-corrected chi connectivity index (χ1v) is 22.7. The van der Waals surface area contributed by atoms with Gasteiger partial charge in [0.05, 0.1) is 21.9 Å².